The molecule has 4 heteroatoms. The van der Waals surface area contributed by atoms with E-state index in [-0.39, 0.29) is 0 Å². The van der Waals surface area contributed by atoms with Gasteiger partial charge in [-0.15, -0.1) is 0 Å². The second-order valence-corrected chi connectivity index (χ2v) is 6.06. The van der Waals surface area contributed by atoms with E-state index in [1.807, 2.05) is 66.7 Å². The number of benzene rings is 2. The molecule has 0 amide bonds. The van der Waals surface area contributed by atoms with Gasteiger partial charge in [0.25, 0.3) is 0 Å². The van der Waals surface area contributed by atoms with Crippen molar-refractivity contribution < 1.29 is 0 Å². The summed E-state index contributed by atoms with van der Waals surface area (Å²) < 4.78 is 1.04. The number of fused-ring (bicyclic) bond motifs is 1. The zero-order chi connectivity index (χ0) is 15.6. The molecule has 4 rings (SSSR count). The van der Waals surface area contributed by atoms with Crippen LogP contribution in [0.4, 0.5) is 0 Å². The fourth-order valence-electron chi connectivity index (χ4n) is 2.50. The first-order valence-electron chi connectivity index (χ1n) is 7.25. The van der Waals surface area contributed by atoms with Crippen LogP contribution in [0.2, 0.25) is 0 Å². The molecule has 0 atom stereocenters. The molecule has 4 aromatic rings. The Morgan fingerprint density at radius 1 is 0.652 bits per heavy atom. The monoisotopic (exact) mass is 361 g/mol. The molecule has 0 aliphatic rings. The molecule has 2 aromatic carbocycles. The van der Waals surface area contributed by atoms with Gasteiger partial charge in [0.15, 0.2) is 5.65 Å². The van der Waals surface area contributed by atoms with Crippen LogP contribution in [0.1, 0.15) is 0 Å². The van der Waals surface area contributed by atoms with Gasteiger partial charge < -0.3 is 0 Å². The van der Waals surface area contributed by atoms with Crippen molar-refractivity contribution in [3.05, 3.63) is 77.4 Å². The average Bonchev–Trinajstić information content (AvgIpc) is 2.62. The first-order chi connectivity index (χ1) is 11.3. The van der Waals surface area contributed by atoms with E-state index in [1.54, 1.807) is 6.20 Å². The molecular formula is C19H12BrN3. The second kappa shape index (κ2) is 5.89. The van der Waals surface area contributed by atoms with Crippen molar-refractivity contribution in [2.24, 2.45) is 0 Å². The predicted molar refractivity (Wildman–Crippen MR) is 95.9 cm³/mol. The number of halogens is 1. The van der Waals surface area contributed by atoms with Crippen LogP contribution >= 0.6 is 15.9 Å². The smallest absolute Gasteiger partial charge is 0.178 e. The summed E-state index contributed by atoms with van der Waals surface area (Å²) in [5.74, 6) is 0. The summed E-state index contributed by atoms with van der Waals surface area (Å²) in [6, 6.07) is 22.0. The molecule has 23 heavy (non-hydrogen) atoms. The molecule has 0 aliphatic heterocycles. The first kappa shape index (κ1) is 14.0. The second-order valence-electron chi connectivity index (χ2n) is 5.14. The fraction of sp³-hybridized carbons (Fsp3) is 0. The van der Waals surface area contributed by atoms with Crippen molar-refractivity contribution in [3.8, 4) is 22.5 Å². The zero-order valence-electron chi connectivity index (χ0n) is 12.1. The predicted octanol–water partition coefficient (Wildman–Crippen LogP) is 5.12. The van der Waals surface area contributed by atoms with E-state index >= 15 is 0 Å². The van der Waals surface area contributed by atoms with Crippen molar-refractivity contribution in [2.45, 2.75) is 0 Å². The normalized spacial score (nSPS) is 10.8. The Hall–Kier alpha value is -2.59. The summed E-state index contributed by atoms with van der Waals surface area (Å²) in [6.45, 7) is 0. The lowest BCUT2D eigenvalue weighted by Gasteiger charge is -2.10. The summed E-state index contributed by atoms with van der Waals surface area (Å²) in [5, 5.41) is 0. The maximum absolute atomic E-state index is 4.81. The Bertz CT molecular complexity index is 967. The van der Waals surface area contributed by atoms with Gasteiger partial charge in [0.2, 0.25) is 0 Å². The summed E-state index contributed by atoms with van der Waals surface area (Å²) in [5.41, 5.74) is 5.23. The average molecular weight is 362 g/mol. The standard InChI is InChI=1S/C19H12BrN3/c20-15-10-8-14(9-11-15)17-18(13-5-2-1-3-6-13)23-19-16(22-17)7-4-12-21-19/h1-12H. The van der Waals surface area contributed by atoms with Gasteiger partial charge in [0.1, 0.15) is 5.52 Å². The van der Waals surface area contributed by atoms with E-state index in [9.17, 15) is 0 Å². The maximum Gasteiger partial charge on any atom is 0.178 e. The Kier molecular flexibility index (Phi) is 3.60. The largest absolute Gasteiger partial charge is 0.242 e. The molecule has 110 valence electrons. The highest BCUT2D eigenvalue weighted by molar-refractivity contribution is 9.10. The third-order valence-corrected chi connectivity index (χ3v) is 4.13. The Morgan fingerprint density at radius 2 is 1.35 bits per heavy atom. The van der Waals surface area contributed by atoms with E-state index in [0.29, 0.717) is 5.65 Å². The van der Waals surface area contributed by atoms with Crippen LogP contribution in [0.3, 0.4) is 0 Å². The Labute approximate surface area is 142 Å². The maximum atomic E-state index is 4.81. The van der Waals surface area contributed by atoms with Crippen LogP contribution < -0.4 is 0 Å². The number of rotatable bonds is 2. The lowest BCUT2D eigenvalue weighted by molar-refractivity contribution is 1.23. The van der Waals surface area contributed by atoms with Crippen LogP contribution in [0.5, 0.6) is 0 Å². The number of aromatic nitrogens is 3. The van der Waals surface area contributed by atoms with Crippen molar-refractivity contribution in [2.75, 3.05) is 0 Å². The van der Waals surface area contributed by atoms with Gasteiger partial charge in [-0.25, -0.2) is 15.0 Å². The minimum atomic E-state index is 0.659. The Morgan fingerprint density at radius 3 is 2.13 bits per heavy atom. The molecule has 0 aliphatic carbocycles. The van der Waals surface area contributed by atoms with E-state index in [1.165, 1.54) is 0 Å². The van der Waals surface area contributed by atoms with Gasteiger partial charge in [0, 0.05) is 21.8 Å². The highest BCUT2D eigenvalue weighted by Gasteiger charge is 2.13. The number of nitrogens with zero attached hydrogens (tertiary/aromatic N) is 3. The molecule has 0 saturated heterocycles. The van der Waals surface area contributed by atoms with Gasteiger partial charge in [0.05, 0.1) is 11.4 Å². The van der Waals surface area contributed by atoms with E-state index < -0.39 is 0 Å². The molecule has 2 aromatic heterocycles. The number of hydrogen-bond donors (Lipinski definition) is 0. The lowest BCUT2D eigenvalue weighted by atomic mass is 10.0. The van der Waals surface area contributed by atoms with Crippen LogP contribution in [0.25, 0.3) is 33.7 Å². The fourth-order valence-corrected chi connectivity index (χ4v) is 2.76. The van der Waals surface area contributed by atoms with Gasteiger partial charge in [-0.05, 0) is 24.3 Å². The van der Waals surface area contributed by atoms with Gasteiger partial charge in [-0.3, -0.25) is 0 Å². The molecule has 0 bridgehead atoms. The van der Waals surface area contributed by atoms with Gasteiger partial charge in [-0.2, -0.15) is 0 Å². The number of pyridine rings is 1. The van der Waals surface area contributed by atoms with E-state index in [2.05, 4.69) is 20.9 Å². The van der Waals surface area contributed by atoms with Crippen LogP contribution in [0.15, 0.2) is 77.4 Å². The molecule has 0 fully saturated rings. The topological polar surface area (TPSA) is 38.7 Å². The summed E-state index contributed by atoms with van der Waals surface area (Å²) in [4.78, 5) is 13.9. The summed E-state index contributed by atoms with van der Waals surface area (Å²) >= 11 is 3.48. The molecule has 0 saturated carbocycles. The van der Waals surface area contributed by atoms with Crippen molar-refractivity contribution in [3.63, 3.8) is 0 Å². The van der Waals surface area contributed by atoms with Crippen LogP contribution in [-0.2, 0) is 0 Å². The first-order valence-corrected chi connectivity index (χ1v) is 8.05. The molecule has 0 N–H and O–H groups in total. The van der Waals surface area contributed by atoms with Crippen molar-refractivity contribution in [1.82, 2.24) is 15.0 Å². The third kappa shape index (κ3) is 2.73. The van der Waals surface area contributed by atoms with Crippen molar-refractivity contribution in [1.29, 1.82) is 0 Å². The van der Waals surface area contributed by atoms with Gasteiger partial charge >= 0.3 is 0 Å². The summed E-state index contributed by atoms with van der Waals surface area (Å²) in [7, 11) is 0. The number of hydrogen-bond acceptors (Lipinski definition) is 3. The molecule has 0 unspecified atom stereocenters. The van der Waals surface area contributed by atoms with E-state index in [4.69, 9.17) is 9.97 Å². The summed E-state index contributed by atoms with van der Waals surface area (Å²) in [6.07, 6.45) is 1.74. The SMILES string of the molecule is Brc1ccc(-c2nc3cccnc3nc2-c2ccccc2)cc1. The molecular weight excluding hydrogens is 350 g/mol. The molecule has 0 spiro atoms. The quantitative estimate of drug-likeness (QED) is 0.497. The minimum Gasteiger partial charge on any atom is -0.242 e. The van der Waals surface area contributed by atoms with Crippen LogP contribution in [-0.4, -0.2) is 15.0 Å². The third-order valence-electron chi connectivity index (χ3n) is 3.61. The highest BCUT2D eigenvalue weighted by Crippen LogP contribution is 2.31. The minimum absolute atomic E-state index is 0.659. The lowest BCUT2D eigenvalue weighted by Crippen LogP contribution is -1.96. The van der Waals surface area contributed by atoms with E-state index in [0.717, 1.165) is 32.5 Å². The Balaban J connectivity index is 2.02. The zero-order valence-corrected chi connectivity index (χ0v) is 13.7. The molecule has 0 radical (unpaired) electrons. The molecule has 3 nitrogen and oxygen atoms in total. The van der Waals surface area contributed by atoms with Crippen LogP contribution in [0, 0.1) is 0 Å². The van der Waals surface area contributed by atoms with Crippen molar-refractivity contribution >= 4 is 27.1 Å². The highest BCUT2D eigenvalue weighted by atomic mass is 79.9. The molecule has 2 heterocycles. The van der Waals surface area contributed by atoms with Gasteiger partial charge in [-0.1, -0.05) is 58.4 Å².